The van der Waals surface area contributed by atoms with Gasteiger partial charge >= 0.3 is 0 Å². The van der Waals surface area contributed by atoms with Gasteiger partial charge in [0.05, 0.1) is 12.7 Å². The van der Waals surface area contributed by atoms with Gasteiger partial charge in [0, 0.05) is 17.9 Å². The van der Waals surface area contributed by atoms with Crippen molar-refractivity contribution in [3.05, 3.63) is 23.8 Å². The summed E-state index contributed by atoms with van der Waals surface area (Å²) in [5, 5.41) is 13.6. The molecule has 0 aliphatic carbocycles. The largest absolute Gasteiger partial charge is 0.507 e. The Bertz CT molecular complexity index is 431. The Balaban J connectivity index is 2.61. The number of methoxy groups -OCH3 is 1. The van der Waals surface area contributed by atoms with E-state index < -0.39 is 0 Å². The van der Waals surface area contributed by atoms with E-state index in [4.69, 9.17) is 4.74 Å². The highest BCUT2D eigenvalue weighted by Crippen LogP contribution is 2.23. The van der Waals surface area contributed by atoms with Crippen molar-refractivity contribution in [2.24, 2.45) is 5.92 Å². The zero-order valence-corrected chi connectivity index (χ0v) is 13.6. The maximum atomic E-state index is 12.1. The number of hydrogen-bond acceptors (Lipinski definition) is 3. The number of carbonyl (C=O) groups is 1. The van der Waals surface area contributed by atoms with E-state index in [2.05, 4.69) is 28.2 Å². The zero-order chi connectivity index (χ0) is 15.0. The molecule has 1 amide bonds. The zero-order valence-electron chi connectivity index (χ0n) is 12.0. The van der Waals surface area contributed by atoms with Gasteiger partial charge in [0.25, 0.3) is 5.91 Å². The predicted octanol–water partition coefficient (Wildman–Crippen LogP) is 3.33. The van der Waals surface area contributed by atoms with Crippen molar-refractivity contribution < 1.29 is 14.6 Å². The normalized spacial score (nSPS) is 11.9. The summed E-state index contributed by atoms with van der Waals surface area (Å²) in [7, 11) is 1.52. The van der Waals surface area contributed by atoms with Crippen molar-refractivity contribution in [1.29, 1.82) is 0 Å². The minimum absolute atomic E-state index is 0.0608. The number of aromatic hydroxyl groups is 1. The van der Waals surface area contributed by atoms with Crippen molar-refractivity contribution in [3.63, 3.8) is 0 Å². The summed E-state index contributed by atoms with van der Waals surface area (Å²) in [6, 6.07) is 4.68. The molecule has 0 aliphatic heterocycles. The van der Waals surface area contributed by atoms with Crippen LogP contribution >= 0.6 is 15.9 Å². The molecule has 0 radical (unpaired) electrons. The third-order valence-corrected chi connectivity index (χ3v) is 3.67. The van der Waals surface area contributed by atoms with Crippen LogP contribution in [0.25, 0.3) is 0 Å². The molecule has 1 unspecified atom stereocenters. The lowest BCUT2D eigenvalue weighted by molar-refractivity contribution is 0.0943. The summed E-state index contributed by atoms with van der Waals surface area (Å²) >= 11 is 3.43. The maximum absolute atomic E-state index is 12.1. The van der Waals surface area contributed by atoms with Gasteiger partial charge in [-0.25, -0.2) is 0 Å². The van der Waals surface area contributed by atoms with Gasteiger partial charge in [-0.1, -0.05) is 29.3 Å². The summed E-state index contributed by atoms with van der Waals surface area (Å²) in [5.41, 5.74) is 0.278. The number of alkyl halides is 1. The van der Waals surface area contributed by atoms with E-state index in [-0.39, 0.29) is 17.2 Å². The SMILES string of the molecule is CCCC(CCBr)CNC(=O)c1ccc(OC)cc1O. The number of ether oxygens (including phenoxy) is 1. The average molecular weight is 344 g/mol. The first-order chi connectivity index (χ1) is 9.62. The Morgan fingerprint density at radius 1 is 1.45 bits per heavy atom. The fourth-order valence-corrected chi connectivity index (χ4v) is 2.72. The molecule has 0 bridgehead atoms. The summed E-state index contributed by atoms with van der Waals surface area (Å²) in [4.78, 5) is 12.1. The predicted molar refractivity (Wildman–Crippen MR) is 83.8 cm³/mol. The van der Waals surface area contributed by atoms with Gasteiger partial charge < -0.3 is 15.2 Å². The van der Waals surface area contributed by atoms with Crippen LogP contribution < -0.4 is 10.1 Å². The Kier molecular flexibility index (Phi) is 7.44. The topological polar surface area (TPSA) is 58.6 Å². The molecule has 1 atom stereocenters. The third kappa shape index (κ3) is 5.04. The summed E-state index contributed by atoms with van der Waals surface area (Å²) < 4.78 is 4.99. The molecule has 1 aromatic carbocycles. The molecule has 0 aliphatic rings. The lowest BCUT2D eigenvalue weighted by Gasteiger charge is -2.16. The van der Waals surface area contributed by atoms with Crippen LogP contribution in [0.3, 0.4) is 0 Å². The van der Waals surface area contributed by atoms with Crippen LogP contribution in [0.15, 0.2) is 18.2 Å². The van der Waals surface area contributed by atoms with E-state index in [9.17, 15) is 9.90 Å². The van der Waals surface area contributed by atoms with E-state index in [1.807, 2.05) is 0 Å². The van der Waals surface area contributed by atoms with E-state index in [1.54, 1.807) is 12.1 Å². The van der Waals surface area contributed by atoms with Crippen LogP contribution in [0.1, 0.15) is 36.5 Å². The second-order valence-corrected chi connectivity index (χ2v) is 5.52. The molecular weight excluding hydrogens is 322 g/mol. The molecule has 0 saturated heterocycles. The van der Waals surface area contributed by atoms with Crippen LogP contribution in [-0.4, -0.2) is 30.0 Å². The molecule has 0 aromatic heterocycles. The minimum Gasteiger partial charge on any atom is -0.507 e. The highest BCUT2D eigenvalue weighted by atomic mass is 79.9. The second-order valence-electron chi connectivity index (χ2n) is 4.73. The first-order valence-corrected chi connectivity index (χ1v) is 7.95. The summed E-state index contributed by atoms with van der Waals surface area (Å²) in [6.07, 6.45) is 3.21. The van der Waals surface area contributed by atoms with Gasteiger partial charge in [-0.2, -0.15) is 0 Å². The number of hydrogen-bond donors (Lipinski definition) is 2. The molecule has 1 aromatic rings. The molecule has 0 saturated carbocycles. The monoisotopic (exact) mass is 343 g/mol. The molecule has 0 spiro atoms. The number of nitrogens with one attached hydrogen (secondary N) is 1. The summed E-state index contributed by atoms with van der Waals surface area (Å²) in [6.45, 7) is 2.77. The van der Waals surface area contributed by atoms with Crippen molar-refractivity contribution >= 4 is 21.8 Å². The van der Waals surface area contributed by atoms with Gasteiger partial charge in [-0.15, -0.1) is 0 Å². The molecule has 1 rings (SSSR count). The highest BCUT2D eigenvalue weighted by Gasteiger charge is 2.14. The first kappa shape index (κ1) is 16.8. The van der Waals surface area contributed by atoms with Crippen LogP contribution in [0.5, 0.6) is 11.5 Å². The van der Waals surface area contributed by atoms with E-state index in [0.29, 0.717) is 18.2 Å². The average Bonchev–Trinajstić information content (AvgIpc) is 2.44. The Hall–Kier alpha value is -1.23. The molecule has 20 heavy (non-hydrogen) atoms. The molecular formula is C15H22BrNO3. The van der Waals surface area contributed by atoms with Gasteiger partial charge in [-0.05, 0) is 30.9 Å². The van der Waals surface area contributed by atoms with Gasteiger partial charge in [0.15, 0.2) is 0 Å². The van der Waals surface area contributed by atoms with E-state index in [0.717, 1.165) is 24.6 Å². The standard InChI is InChI=1S/C15H22BrNO3/c1-3-4-11(7-8-16)10-17-15(19)13-6-5-12(20-2)9-14(13)18/h5-6,9,11,18H,3-4,7-8,10H2,1-2H3,(H,17,19). The lowest BCUT2D eigenvalue weighted by atomic mass is 10.0. The van der Waals surface area contributed by atoms with Crippen molar-refractivity contribution in [2.75, 3.05) is 19.0 Å². The fraction of sp³-hybridized carbons (Fsp3) is 0.533. The van der Waals surface area contributed by atoms with Crippen LogP contribution in [0, 0.1) is 5.92 Å². The molecule has 2 N–H and O–H groups in total. The molecule has 112 valence electrons. The molecule has 5 heteroatoms. The van der Waals surface area contributed by atoms with Crippen LogP contribution in [-0.2, 0) is 0 Å². The minimum atomic E-state index is -0.249. The number of phenolic OH excluding ortho intramolecular Hbond substituents is 1. The van der Waals surface area contributed by atoms with Crippen molar-refractivity contribution in [3.8, 4) is 11.5 Å². The van der Waals surface area contributed by atoms with E-state index in [1.165, 1.54) is 13.2 Å². The fourth-order valence-electron chi connectivity index (χ4n) is 2.07. The second kappa shape index (κ2) is 8.84. The van der Waals surface area contributed by atoms with Crippen molar-refractivity contribution in [2.45, 2.75) is 26.2 Å². The van der Waals surface area contributed by atoms with Crippen molar-refractivity contribution in [1.82, 2.24) is 5.32 Å². The Labute approximate surface area is 128 Å². The van der Waals surface area contributed by atoms with E-state index >= 15 is 0 Å². The van der Waals surface area contributed by atoms with Crippen LogP contribution in [0.4, 0.5) is 0 Å². The number of rotatable bonds is 8. The number of phenols is 1. The number of carbonyl (C=O) groups excluding carboxylic acids is 1. The quantitative estimate of drug-likeness (QED) is 0.711. The smallest absolute Gasteiger partial charge is 0.255 e. The molecule has 4 nitrogen and oxygen atoms in total. The third-order valence-electron chi connectivity index (χ3n) is 3.22. The first-order valence-electron chi connectivity index (χ1n) is 6.83. The number of benzene rings is 1. The van der Waals surface area contributed by atoms with Gasteiger partial charge in [0.1, 0.15) is 11.5 Å². The molecule has 0 fully saturated rings. The lowest BCUT2D eigenvalue weighted by Crippen LogP contribution is -2.29. The molecule has 0 heterocycles. The Morgan fingerprint density at radius 2 is 2.20 bits per heavy atom. The maximum Gasteiger partial charge on any atom is 0.255 e. The number of halogens is 1. The van der Waals surface area contributed by atoms with Gasteiger partial charge in [-0.3, -0.25) is 4.79 Å². The number of amides is 1. The Morgan fingerprint density at radius 3 is 2.75 bits per heavy atom. The van der Waals surface area contributed by atoms with Gasteiger partial charge in [0.2, 0.25) is 0 Å². The van der Waals surface area contributed by atoms with Crippen LogP contribution in [0.2, 0.25) is 0 Å². The summed E-state index contributed by atoms with van der Waals surface area (Å²) in [5.74, 6) is 0.682. The highest BCUT2D eigenvalue weighted by molar-refractivity contribution is 9.09.